The first kappa shape index (κ1) is 13.2. The van der Waals surface area contributed by atoms with Crippen LogP contribution in [0, 0.1) is 5.41 Å². The molecule has 0 aromatic rings. The van der Waals surface area contributed by atoms with E-state index in [1.165, 1.54) is 0 Å². The van der Waals surface area contributed by atoms with E-state index in [9.17, 15) is 8.42 Å². The molecule has 0 bridgehead atoms. The highest BCUT2D eigenvalue weighted by molar-refractivity contribution is 7.87. The van der Waals surface area contributed by atoms with Gasteiger partial charge >= 0.3 is 0 Å². The summed E-state index contributed by atoms with van der Waals surface area (Å²) in [4.78, 5) is 0. The van der Waals surface area contributed by atoms with Gasteiger partial charge in [0.2, 0.25) is 0 Å². The summed E-state index contributed by atoms with van der Waals surface area (Å²) in [6.07, 6.45) is 0. The summed E-state index contributed by atoms with van der Waals surface area (Å²) >= 11 is 0. The molecule has 2 fully saturated rings. The van der Waals surface area contributed by atoms with Crippen molar-refractivity contribution in [2.75, 3.05) is 32.9 Å². The number of halogens is 1. The SMILES string of the molecule is CCOS(=O)(=O)C1CNCC12COC2.Cl. The van der Waals surface area contributed by atoms with Crippen molar-refractivity contribution in [3.63, 3.8) is 0 Å². The van der Waals surface area contributed by atoms with Crippen LogP contribution >= 0.6 is 12.4 Å². The van der Waals surface area contributed by atoms with E-state index in [0.717, 1.165) is 0 Å². The topological polar surface area (TPSA) is 64.6 Å². The van der Waals surface area contributed by atoms with Gasteiger partial charge < -0.3 is 10.1 Å². The molecule has 0 aromatic heterocycles. The first-order valence-corrected chi connectivity index (χ1v) is 6.24. The van der Waals surface area contributed by atoms with Gasteiger partial charge in [0.1, 0.15) is 5.25 Å². The van der Waals surface area contributed by atoms with Crippen LogP contribution in [0.15, 0.2) is 0 Å². The monoisotopic (exact) mass is 257 g/mol. The minimum atomic E-state index is -3.42. The van der Waals surface area contributed by atoms with Crippen molar-refractivity contribution < 1.29 is 17.3 Å². The fourth-order valence-electron chi connectivity index (χ4n) is 2.09. The first-order valence-electron chi connectivity index (χ1n) is 4.77. The van der Waals surface area contributed by atoms with E-state index in [4.69, 9.17) is 8.92 Å². The molecule has 90 valence electrons. The zero-order valence-electron chi connectivity index (χ0n) is 8.56. The van der Waals surface area contributed by atoms with Crippen LogP contribution in [0.5, 0.6) is 0 Å². The lowest BCUT2D eigenvalue weighted by Crippen LogP contribution is -2.54. The second kappa shape index (κ2) is 4.55. The molecule has 1 N–H and O–H groups in total. The largest absolute Gasteiger partial charge is 0.380 e. The average Bonchev–Trinajstić information content (AvgIpc) is 2.46. The molecular formula is C8H16ClNO4S. The Morgan fingerprint density at radius 2 is 2.20 bits per heavy atom. The summed E-state index contributed by atoms with van der Waals surface area (Å²) < 4.78 is 33.4. The third kappa shape index (κ3) is 2.14. The molecule has 0 aliphatic carbocycles. The summed E-state index contributed by atoms with van der Waals surface area (Å²) in [5.41, 5.74) is -0.228. The third-order valence-corrected chi connectivity index (χ3v) is 4.83. The van der Waals surface area contributed by atoms with E-state index in [1.54, 1.807) is 6.92 Å². The van der Waals surface area contributed by atoms with Gasteiger partial charge in [-0.25, -0.2) is 0 Å². The fourth-order valence-corrected chi connectivity index (χ4v) is 3.74. The maximum atomic E-state index is 11.7. The molecule has 0 radical (unpaired) electrons. The van der Waals surface area contributed by atoms with Crippen LogP contribution in [0.3, 0.4) is 0 Å². The molecule has 2 aliphatic heterocycles. The van der Waals surface area contributed by atoms with Gasteiger partial charge in [-0.2, -0.15) is 8.42 Å². The molecule has 0 saturated carbocycles. The Morgan fingerprint density at radius 1 is 1.53 bits per heavy atom. The van der Waals surface area contributed by atoms with Crippen molar-refractivity contribution >= 4 is 22.5 Å². The maximum Gasteiger partial charge on any atom is 0.272 e. The van der Waals surface area contributed by atoms with Crippen molar-refractivity contribution in [1.82, 2.24) is 5.32 Å². The molecule has 0 amide bonds. The summed E-state index contributed by atoms with van der Waals surface area (Å²) in [5.74, 6) is 0. The molecular weight excluding hydrogens is 242 g/mol. The smallest absolute Gasteiger partial charge is 0.272 e. The molecule has 2 rings (SSSR count). The second-order valence-corrected chi connectivity index (χ2v) is 5.66. The van der Waals surface area contributed by atoms with Crippen molar-refractivity contribution in [2.24, 2.45) is 5.41 Å². The van der Waals surface area contributed by atoms with Crippen LogP contribution < -0.4 is 5.32 Å². The van der Waals surface area contributed by atoms with Crippen molar-refractivity contribution in [1.29, 1.82) is 0 Å². The second-order valence-electron chi connectivity index (χ2n) is 3.87. The van der Waals surface area contributed by atoms with Crippen molar-refractivity contribution in [3.8, 4) is 0 Å². The van der Waals surface area contributed by atoms with E-state index in [2.05, 4.69) is 5.32 Å². The number of ether oxygens (including phenoxy) is 1. The Morgan fingerprint density at radius 3 is 2.67 bits per heavy atom. The summed E-state index contributed by atoms with van der Waals surface area (Å²) in [7, 11) is -3.42. The Hall–Kier alpha value is 0.120. The van der Waals surface area contributed by atoms with Gasteiger partial charge in [0.15, 0.2) is 0 Å². The lowest BCUT2D eigenvalue weighted by atomic mass is 9.85. The predicted octanol–water partition coefficient (Wildman–Crippen LogP) is -0.237. The summed E-state index contributed by atoms with van der Waals surface area (Å²) in [5, 5.41) is 2.65. The van der Waals surface area contributed by atoms with E-state index >= 15 is 0 Å². The fraction of sp³-hybridized carbons (Fsp3) is 1.00. The van der Waals surface area contributed by atoms with Gasteiger partial charge in [-0.05, 0) is 6.92 Å². The van der Waals surface area contributed by atoms with Crippen molar-refractivity contribution in [3.05, 3.63) is 0 Å². The molecule has 2 saturated heterocycles. The standard InChI is InChI=1S/C8H15NO4S.ClH/c1-2-13-14(10,11)7-3-9-4-8(7)5-12-6-8;/h7,9H,2-6H2,1H3;1H. The molecule has 15 heavy (non-hydrogen) atoms. The Bertz CT molecular complexity index is 315. The van der Waals surface area contributed by atoms with E-state index < -0.39 is 15.4 Å². The lowest BCUT2D eigenvalue weighted by Gasteiger charge is -2.41. The van der Waals surface area contributed by atoms with Crippen LogP contribution in [-0.4, -0.2) is 46.6 Å². The Kier molecular flexibility index (Phi) is 4.00. The highest BCUT2D eigenvalue weighted by Gasteiger charge is 2.55. The van der Waals surface area contributed by atoms with Gasteiger partial charge in [-0.15, -0.1) is 12.4 Å². The highest BCUT2D eigenvalue weighted by atomic mass is 35.5. The zero-order chi connectivity index (χ0) is 10.2. The minimum absolute atomic E-state index is 0. The molecule has 1 spiro atoms. The molecule has 0 aromatic carbocycles. The minimum Gasteiger partial charge on any atom is -0.380 e. The van der Waals surface area contributed by atoms with Crippen LogP contribution in [0.2, 0.25) is 0 Å². The van der Waals surface area contributed by atoms with Gasteiger partial charge in [-0.3, -0.25) is 4.18 Å². The van der Waals surface area contributed by atoms with Gasteiger partial charge in [-0.1, -0.05) is 0 Å². The molecule has 1 atom stereocenters. The normalized spacial score (nSPS) is 28.5. The molecule has 2 heterocycles. The van der Waals surface area contributed by atoms with Crippen molar-refractivity contribution in [2.45, 2.75) is 12.2 Å². The summed E-state index contributed by atoms with van der Waals surface area (Å²) in [6, 6.07) is 0. The molecule has 5 nitrogen and oxygen atoms in total. The molecule has 1 unspecified atom stereocenters. The molecule has 7 heteroatoms. The van der Waals surface area contributed by atoms with E-state index in [0.29, 0.717) is 26.3 Å². The van der Waals surface area contributed by atoms with Crippen LogP contribution in [0.1, 0.15) is 6.92 Å². The zero-order valence-corrected chi connectivity index (χ0v) is 10.2. The highest BCUT2D eigenvalue weighted by Crippen LogP contribution is 2.38. The number of rotatable bonds is 3. The average molecular weight is 258 g/mol. The van der Waals surface area contributed by atoms with E-state index in [1.807, 2.05) is 0 Å². The molecule has 2 aliphatic rings. The predicted molar refractivity (Wildman–Crippen MR) is 57.7 cm³/mol. The Balaban J connectivity index is 0.00000112. The van der Waals surface area contributed by atoms with Gasteiger partial charge in [0.25, 0.3) is 10.1 Å². The third-order valence-electron chi connectivity index (χ3n) is 2.90. The van der Waals surface area contributed by atoms with E-state index in [-0.39, 0.29) is 24.4 Å². The van der Waals surface area contributed by atoms with Gasteiger partial charge in [0.05, 0.1) is 19.8 Å². The number of hydrogen-bond acceptors (Lipinski definition) is 5. The number of nitrogens with one attached hydrogen (secondary N) is 1. The lowest BCUT2D eigenvalue weighted by molar-refractivity contribution is -0.0984. The van der Waals surface area contributed by atoms with Crippen LogP contribution in [0.25, 0.3) is 0 Å². The Labute approximate surface area is 96.0 Å². The quantitative estimate of drug-likeness (QED) is 0.708. The first-order chi connectivity index (χ1) is 6.61. The summed E-state index contributed by atoms with van der Waals surface area (Å²) in [6.45, 7) is 4.13. The van der Waals surface area contributed by atoms with Crippen LogP contribution in [-0.2, 0) is 19.0 Å². The maximum absolute atomic E-state index is 11.7. The van der Waals surface area contributed by atoms with Crippen LogP contribution in [0.4, 0.5) is 0 Å². The number of hydrogen-bond donors (Lipinski definition) is 1. The van der Waals surface area contributed by atoms with Gasteiger partial charge in [0, 0.05) is 18.5 Å².